The maximum Gasteiger partial charge on any atom is 0.255 e. The van der Waals surface area contributed by atoms with Crippen molar-refractivity contribution in [3.63, 3.8) is 0 Å². The fourth-order valence-corrected chi connectivity index (χ4v) is 2.25. The quantitative estimate of drug-likeness (QED) is 0.776. The van der Waals surface area contributed by atoms with E-state index in [0.29, 0.717) is 6.54 Å². The van der Waals surface area contributed by atoms with E-state index in [9.17, 15) is 9.90 Å². The van der Waals surface area contributed by atoms with Gasteiger partial charge in [-0.05, 0) is 23.8 Å². The lowest BCUT2D eigenvalue weighted by Crippen LogP contribution is -2.23. The first-order valence-electron chi connectivity index (χ1n) is 6.88. The van der Waals surface area contributed by atoms with Crippen LogP contribution in [0.1, 0.15) is 15.9 Å². The van der Waals surface area contributed by atoms with Gasteiger partial charge in [-0.25, -0.2) is 4.98 Å². The molecule has 1 heterocycles. The highest BCUT2D eigenvalue weighted by Crippen LogP contribution is 2.17. The van der Waals surface area contributed by atoms with Crippen molar-refractivity contribution in [2.24, 2.45) is 0 Å². The molecule has 3 aromatic rings. The Morgan fingerprint density at radius 2 is 1.91 bits per heavy atom. The van der Waals surface area contributed by atoms with E-state index in [1.54, 1.807) is 30.7 Å². The molecule has 0 unspecified atom stereocenters. The molecule has 2 N–H and O–H groups in total. The summed E-state index contributed by atoms with van der Waals surface area (Å²) in [7, 11) is 0. The number of benzene rings is 2. The molecule has 1 aromatic heterocycles. The molecular weight excluding hydrogens is 278 g/mol. The van der Waals surface area contributed by atoms with Crippen molar-refractivity contribution >= 4 is 5.91 Å². The number of amides is 1. The number of aromatic nitrogens is 2. The fraction of sp³-hybridized carbons (Fsp3) is 0.0588. The first-order valence-corrected chi connectivity index (χ1v) is 6.88. The van der Waals surface area contributed by atoms with Gasteiger partial charge >= 0.3 is 0 Å². The number of hydrogen-bond acceptors (Lipinski definition) is 3. The minimum atomic E-state index is -0.307. The van der Waals surface area contributed by atoms with E-state index < -0.39 is 0 Å². The van der Waals surface area contributed by atoms with Crippen LogP contribution in [0, 0.1) is 0 Å². The molecule has 0 saturated heterocycles. The number of carbonyl (C=O) groups excluding carboxylic acids is 1. The van der Waals surface area contributed by atoms with Crippen molar-refractivity contribution in [1.29, 1.82) is 0 Å². The molecule has 0 atom stereocenters. The second-order valence-corrected chi connectivity index (χ2v) is 4.80. The van der Waals surface area contributed by atoms with E-state index in [-0.39, 0.29) is 17.2 Å². The molecule has 0 aliphatic heterocycles. The van der Waals surface area contributed by atoms with E-state index in [2.05, 4.69) is 10.3 Å². The lowest BCUT2D eigenvalue weighted by atomic mass is 10.1. The van der Waals surface area contributed by atoms with Gasteiger partial charge in [0, 0.05) is 18.9 Å². The van der Waals surface area contributed by atoms with Gasteiger partial charge in [-0.15, -0.1) is 0 Å². The number of imidazole rings is 1. The van der Waals surface area contributed by atoms with Gasteiger partial charge in [0.05, 0.1) is 17.6 Å². The Morgan fingerprint density at radius 1 is 1.14 bits per heavy atom. The molecule has 0 aliphatic carbocycles. The summed E-state index contributed by atoms with van der Waals surface area (Å²) in [6.07, 6.45) is 5.27. The van der Waals surface area contributed by atoms with Crippen molar-refractivity contribution in [2.75, 3.05) is 0 Å². The zero-order valence-electron chi connectivity index (χ0n) is 11.8. The van der Waals surface area contributed by atoms with Crippen molar-refractivity contribution in [1.82, 2.24) is 14.9 Å². The smallest absolute Gasteiger partial charge is 0.255 e. The normalized spacial score (nSPS) is 10.4. The van der Waals surface area contributed by atoms with Crippen LogP contribution in [0.3, 0.4) is 0 Å². The van der Waals surface area contributed by atoms with Gasteiger partial charge in [-0.3, -0.25) is 4.79 Å². The lowest BCUT2D eigenvalue weighted by Gasteiger charge is -2.11. The van der Waals surface area contributed by atoms with Crippen LogP contribution < -0.4 is 5.32 Å². The summed E-state index contributed by atoms with van der Waals surface area (Å²) in [5, 5.41) is 12.5. The van der Waals surface area contributed by atoms with Crippen LogP contribution in [0.25, 0.3) is 5.69 Å². The number of phenolic OH excluding ortho intramolecular Hbond substituents is 1. The minimum absolute atomic E-state index is 0.0251. The first kappa shape index (κ1) is 13.9. The molecule has 5 heteroatoms. The van der Waals surface area contributed by atoms with Crippen LogP contribution in [0.5, 0.6) is 5.75 Å². The summed E-state index contributed by atoms with van der Waals surface area (Å²) >= 11 is 0. The van der Waals surface area contributed by atoms with E-state index in [1.165, 1.54) is 6.07 Å². The van der Waals surface area contributed by atoms with Gasteiger partial charge in [-0.2, -0.15) is 0 Å². The van der Waals surface area contributed by atoms with Gasteiger partial charge < -0.3 is 15.0 Å². The molecular formula is C17H15N3O2. The second-order valence-electron chi connectivity index (χ2n) is 4.80. The topological polar surface area (TPSA) is 67.2 Å². The summed E-state index contributed by atoms with van der Waals surface area (Å²) in [6.45, 7) is 0.363. The van der Waals surface area contributed by atoms with Crippen LogP contribution in [-0.4, -0.2) is 20.6 Å². The van der Waals surface area contributed by atoms with Gasteiger partial charge in [-0.1, -0.05) is 30.3 Å². The maximum absolute atomic E-state index is 12.1. The Morgan fingerprint density at radius 3 is 2.68 bits per heavy atom. The predicted molar refractivity (Wildman–Crippen MR) is 82.8 cm³/mol. The Balaban J connectivity index is 1.78. The third kappa shape index (κ3) is 2.83. The van der Waals surface area contributed by atoms with Gasteiger partial charge in [0.15, 0.2) is 0 Å². The van der Waals surface area contributed by atoms with Crippen molar-refractivity contribution in [2.45, 2.75) is 6.54 Å². The summed E-state index contributed by atoms with van der Waals surface area (Å²) in [4.78, 5) is 16.2. The average molecular weight is 293 g/mol. The molecule has 0 radical (unpaired) electrons. The molecule has 0 fully saturated rings. The maximum atomic E-state index is 12.1. The molecule has 1 amide bonds. The predicted octanol–water partition coefficient (Wildman–Crippen LogP) is 2.51. The van der Waals surface area contributed by atoms with Crippen molar-refractivity contribution in [3.8, 4) is 11.4 Å². The average Bonchev–Trinajstić information content (AvgIpc) is 3.07. The number of rotatable bonds is 4. The summed E-state index contributed by atoms with van der Waals surface area (Å²) in [6, 6.07) is 14.2. The lowest BCUT2D eigenvalue weighted by molar-refractivity contribution is 0.0948. The third-order valence-corrected chi connectivity index (χ3v) is 3.36. The first-order chi connectivity index (χ1) is 10.8. The van der Waals surface area contributed by atoms with Crippen LogP contribution >= 0.6 is 0 Å². The highest BCUT2D eigenvalue weighted by molar-refractivity contribution is 5.96. The van der Waals surface area contributed by atoms with Crippen LogP contribution in [0.15, 0.2) is 67.3 Å². The Bertz CT molecular complexity index is 782. The van der Waals surface area contributed by atoms with E-state index in [0.717, 1.165) is 11.3 Å². The monoisotopic (exact) mass is 293 g/mol. The van der Waals surface area contributed by atoms with Crippen LogP contribution in [0.4, 0.5) is 0 Å². The number of phenols is 1. The summed E-state index contributed by atoms with van der Waals surface area (Å²) in [5.74, 6) is -0.332. The van der Waals surface area contributed by atoms with Gasteiger partial charge in [0.25, 0.3) is 5.91 Å². The number of aromatic hydroxyl groups is 1. The zero-order chi connectivity index (χ0) is 15.4. The number of carbonyl (C=O) groups is 1. The number of para-hydroxylation sites is 2. The van der Waals surface area contributed by atoms with E-state index in [1.807, 2.05) is 35.0 Å². The van der Waals surface area contributed by atoms with E-state index in [4.69, 9.17) is 0 Å². The highest BCUT2D eigenvalue weighted by atomic mass is 16.3. The molecule has 3 rings (SSSR count). The highest BCUT2D eigenvalue weighted by Gasteiger charge is 2.11. The zero-order valence-corrected chi connectivity index (χ0v) is 11.8. The fourth-order valence-electron chi connectivity index (χ4n) is 2.25. The molecule has 0 aliphatic rings. The Kier molecular flexibility index (Phi) is 3.87. The molecule has 110 valence electrons. The molecule has 2 aromatic carbocycles. The second kappa shape index (κ2) is 6.13. The largest absolute Gasteiger partial charge is 0.507 e. The van der Waals surface area contributed by atoms with Crippen molar-refractivity contribution in [3.05, 3.63) is 78.4 Å². The SMILES string of the molecule is O=C(NCc1ccccc1-n1ccnc1)c1ccccc1O. The molecule has 0 saturated carbocycles. The molecule has 0 bridgehead atoms. The third-order valence-electron chi connectivity index (χ3n) is 3.36. The van der Waals surface area contributed by atoms with Gasteiger partial charge in [0.2, 0.25) is 0 Å². The van der Waals surface area contributed by atoms with Crippen LogP contribution in [0.2, 0.25) is 0 Å². The molecule has 22 heavy (non-hydrogen) atoms. The molecule has 0 spiro atoms. The van der Waals surface area contributed by atoms with Crippen LogP contribution in [-0.2, 0) is 6.54 Å². The standard InChI is InChI=1S/C17H15N3O2/c21-16-8-4-2-6-14(16)17(22)19-11-13-5-1-3-7-15(13)20-10-9-18-12-20/h1-10,12,21H,11H2,(H,19,22). The Labute approximate surface area is 127 Å². The number of nitrogens with one attached hydrogen (secondary N) is 1. The minimum Gasteiger partial charge on any atom is -0.507 e. The molecule has 5 nitrogen and oxygen atoms in total. The Hall–Kier alpha value is -3.08. The van der Waals surface area contributed by atoms with Gasteiger partial charge in [0.1, 0.15) is 5.75 Å². The summed E-state index contributed by atoms with van der Waals surface area (Å²) in [5.41, 5.74) is 2.18. The van der Waals surface area contributed by atoms with E-state index >= 15 is 0 Å². The number of nitrogens with zero attached hydrogens (tertiary/aromatic N) is 2. The van der Waals surface area contributed by atoms with Crippen molar-refractivity contribution < 1.29 is 9.90 Å². The number of hydrogen-bond donors (Lipinski definition) is 2. The summed E-state index contributed by atoms with van der Waals surface area (Å²) < 4.78 is 1.89.